The molecule has 0 spiro atoms. The molecule has 0 heterocycles. The van der Waals surface area contributed by atoms with Gasteiger partial charge in [0.2, 0.25) is 5.91 Å². The van der Waals surface area contributed by atoms with Gasteiger partial charge in [0.1, 0.15) is 5.75 Å². The van der Waals surface area contributed by atoms with E-state index in [0.717, 1.165) is 10.2 Å². The Labute approximate surface area is 132 Å². The van der Waals surface area contributed by atoms with Crippen molar-refractivity contribution in [2.75, 3.05) is 6.61 Å². The zero-order chi connectivity index (χ0) is 15.7. The second-order valence-corrected chi connectivity index (χ2v) is 5.64. The Morgan fingerprint density at radius 2 is 2.05 bits per heavy atom. The second-order valence-electron chi connectivity index (χ2n) is 4.78. The Balaban J connectivity index is 2.16. The molecule has 1 aromatic rings. The van der Waals surface area contributed by atoms with Gasteiger partial charge in [-0.25, -0.2) is 0 Å². The standard InChI is InChI=1S/C15H20BrNO4/c1-11(8-9-15(19)20)17-14(18)7-4-10-21-13-6-3-2-5-12(13)16/h2-3,5-6,11H,4,7-10H2,1H3,(H,17,18)(H,19,20). The van der Waals surface area contributed by atoms with Crippen LogP contribution in [0, 0.1) is 0 Å². The van der Waals surface area contributed by atoms with Crippen molar-refractivity contribution in [3.05, 3.63) is 28.7 Å². The van der Waals surface area contributed by atoms with Crippen LogP contribution in [0.1, 0.15) is 32.6 Å². The van der Waals surface area contributed by atoms with Crippen molar-refractivity contribution >= 4 is 27.8 Å². The highest BCUT2D eigenvalue weighted by molar-refractivity contribution is 9.10. The summed E-state index contributed by atoms with van der Waals surface area (Å²) in [5.74, 6) is -0.172. The third-order valence-corrected chi connectivity index (χ3v) is 3.50. The fourth-order valence-corrected chi connectivity index (χ4v) is 2.14. The molecule has 0 radical (unpaired) electrons. The van der Waals surface area contributed by atoms with E-state index in [9.17, 15) is 9.59 Å². The minimum absolute atomic E-state index is 0.0621. The Morgan fingerprint density at radius 3 is 2.71 bits per heavy atom. The average molecular weight is 358 g/mol. The number of nitrogens with one attached hydrogen (secondary N) is 1. The van der Waals surface area contributed by atoms with Crippen LogP contribution in [0.25, 0.3) is 0 Å². The summed E-state index contributed by atoms with van der Waals surface area (Å²) in [7, 11) is 0. The molecule has 0 aliphatic rings. The van der Waals surface area contributed by atoms with Gasteiger partial charge in [-0.3, -0.25) is 9.59 Å². The molecule has 6 heteroatoms. The molecule has 0 aromatic heterocycles. The van der Waals surface area contributed by atoms with Crippen LogP contribution in [-0.4, -0.2) is 29.6 Å². The largest absolute Gasteiger partial charge is 0.492 e. The van der Waals surface area contributed by atoms with E-state index < -0.39 is 5.97 Å². The summed E-state index contributed by atoms with van der Waals surface area (Å²) >= 11 is 3.39. The maximum Gasteiger partial charge on any atom is 0.303 e. The summed E-state index contributed by atoms with van der Waals surface area (Å²) in [5.41, 5.74) is 0. The van der Waals surface area contributed by atoms with E-state index in [4.69, 9.17) is 9.84 Å². The maximum absolute atomic E-state index is 11.7. The number of amides is 1. The first kappa shape index (κ1) is 17.5. The number of hydrogen-bond donors (Lipinski definition) is 2. The van der Waals surface area contributed by atoms with Crippen LogP contribution in [0.15, 0.2) is 28.7 Å². The van der Waals surface area contributed by atoms with Gasteiger partial charge >= 0.3 is 5.97 Å². The van der Waals surface area contributed by atoms with E-state index in [1.807, 2.05) is 24.3 Å². The zero-order valence-electron chi connectivity index (χ0n) is 12.0. The first-order valence-electron chi connectivity index (χ1n) is 6.87. The summed E-state index contributed by atoms with van der Waals surface area (Å²) in [6.07, 6.45) is 1.47. The molecule has 5 nitrogen and oxygen atoms in total. The third kappa shape index (κ3) is 7.70. The second kappa shape index (κ2) is 9.39. The van der Waals surface area contributed by atoms with Crippen LogP contribution in [0.2, 0.25) is 0 Å². The van der Waals surface area contributed by atoms with Gasteiger partial charge in [-0.2, -0.15) is 0 Å². The molecule has 1 amide bonds. The lowest BCUT2D eigenvalue weighted by molar-refractivity contribution is -0.137. The Hall–Kier alpha value is -1.56. The fourth-order valence-electron chi connectivity index (χ4n) is 1.74. The van der Waals surface area contributed by atoms with E-state index in [1.54, 1.807) is 6.92 Å². The third-order valence-electron chi connectivity index (χ3n) is 2.84. The number of aliphatic carboxylic acids is 1. The predicted octanol–water partition coefficient (Wildman–Crippen LogP) is 2.98. The minimum Gasteiger partial charge on any atom is -0.492 e. The Morgan fingerprint density at radius 1 is 1.33 bits per heavy atom. The molecule has 21 heavy (non-hydrogen) atoms. The van der Waals surface area contributed by atoms with Gasteiger partial charge in [-0.05, 0) is 47.8 Å². The van der Waals surface area contributed by atoms with Crippen LogP contribution < -0.4 is 10.1 Å². The van der Waals surface area contributed by atoms with Crippen molar-refractivity contribution in [2.24, 2.45) is 0 Å². The summed E-state index contributed by atoms with van der Waals surface area (Å²) in [4.78, 5) is 22.1. The molecule has 1 rings (SSSR count). The highest BCUT2D eigenvalue weighted by atomic mass is 79.9. The zero-order valence-corrected chi connectivity index (χ0v) is 13.6. The van der Waals surface area contributed by atoms with Crippen LogP contribution in [0.4, 0.5) is 0 Å². The molecule has 0 aliphatic heterocycles. The van der Waals surface area contributed by atoms with Crippen molar-refractivity contribution < 1.29 is 19.4 Å². The molecular formula is C15H20BrNO4. The number of halogens is 1. The number of para-hydroxylation sites is 1. The topological polar surface area (TPSA) is 75.6 Å². The van der Waals surface area contributed by atoms with E-state index in [0.29, 0.717) is 25.9 Å². The van der Waals surface area contributed by atoms with E-state index in [2.05, 4.69) is 21.2 Å². The van der Waals surface area contributed by atoms with E-state index in [1.165, 1.54) is 0 Å². The first-order valence-corrected chi connectivity index (χ1v) is 7.67. The monoisotopic (exact) mass is 357 g/mol. The van der Waals surface area contributed by atoms with Gasteiger partial charge in [-0.15, -0.1) is 0 Å². The highest BCUT2D eigenvalue weighted by Gasteiger charge is 2.09. The maximum atomic E-state index is 11.7. The summed E-state index contributed by atoms with van der Waals surface area (Å²) in [6.45, 7) is 2.26. The number of carboxylic acid groups (broad SMARTS) is 1. The van der Waals surface area contributed by atoms with Gasteiger partial charge in [0.25, 0.3) is 0 Å². The van der Waals surface area contributed by atoms with Gasteiger partial charge in [-0.1, -0.05) is 12.1 Å². The van der Waals surface area contributed by atoms with Gasteiger partial charge in [0.05, 0.1) is 11.1 Å². The van der Waals surface area contributed by atoms with Crippen LogP contribution in [0.3, 0.4) is 0 Å². The minimum atomic E-state index is -0.849. The average Bonchev–Trinajstić information content (AvgIpc) is 2.43. The first-order chi connectivity index (χ1) is 9.99. The van der Waals surface area contributed by atoms with Crippen molar-refractivity contribution in [1.29, 1.82) is 0 Å². The smallest absolute Gasteiger partial charge is 0.303 e. The predicted molar refractivity (Wildman–Crippen MR) is 83.3 cm³/mol. The number of rotatable bonds is 9. The lowest BCUT2D eigenvalue weighted by atomic mass is 10.2. The summed E-state index contributed by atoms with van der Waals surface area (Å²) < 4.78 is 6.45. The number of carboxylic acids is 1. The van der Waals surface area contributed by atoms with E-state index in [-0.39, 0.29) is 18.4 Å². The fraction of sp³-hybridized carbons (Fsp3) is 0.467. The summed E-state index contributed by atoms with van der Waals surface area (Å²) in [6, 6.07) is 7.42. The molecule has 1 aromatic carbocycles. The normalized spacial score (nSPS) is 11.7. The molecule has 0 saturated heterocycles. The molecule has 0 saturated carbocycles. The van der Waals surface area contributed by atoms with Gasteiger partial charge in [0, 0.05) is 18.9 Å². The molecule has 0 bridgehead atoms. The van der Waals surface area contributed by atoms with Crippen molar-refractivity contribution in [2.45, 2.75) is 38.6 Å². The number of carbonyl (C=O) groups excluding carboxylic acids is 1. The highest BCUT2D eigenvalue weighted by Crippen LogP contribution is 2.23. The SMILES string of the molecule is CC(CCC(=O)O)NC(=O)CCCOc1ccccc1Br. The van der Waals surface area contributed by atoms with Gasteiger partial charge < -0.3 is 15.2 Å². The number of hydrogen-bond acceptors (Lipinski definition) is 3. The van der Waals surface area contributed by atoms with Crippen molar-refractivity contribution in [1.82, 2.24) is 5.32 Å². The molecule has 116 valence electrons. The van der Waals surface area contributed by atoms with Crippen LogP contribution in [0.5, 0.6) is 5.75 Å². The van der Waals surface area contributed by atoms with E-state index >= 15 is 0 Å². The van der Waals surface area contributed by atoms with Crippen molar-refractivity contribution in [3.63, 3.8) is 0 Å². The van der Waals surface area contributed by atoms with Gasteiger partial charge in [0.15, 0.2) is 0 Å². The quantitative estimate of drug-likeness (QED) is 0.666. The lowest BCUT2D eigenvalue weighted by Crippen LogP contribution is -2.32. The molecular weight excluding hydrogens is 338 g/mol. The molecule has 1 atom stereocenters. The molecule has 0 aliphatic carbocycles. The summed E-state index contributed by atoms with van der Waals surface area (Å²) in [5, 5.41) is 11.3. The Bertz CT molecular complexity index is 478. The molecule has 2 N–H and O–H groups in total. The lowest BCUT2D eigenvalue weighted by Gasteiger charge is -2.13. The van der Waals surface area contributed by atoms with Crippen molar-refractivity contribution in [3.8, 4) is 5.75 Å². The Kier molecular flexibility index (Phi) is 7.82. The number of benzene rings is 1. The van der Waals surface area contributed by atoms with Crippen LogP contribution >= 0.6 is 15.9 Å². The molecule has 1 unspecified atom stereocenters. The number of ether oxygens (including phenoxy) is 1. The van der Waals surface area contributed by atoms with Crippen LogP contribution in [-0.2, 0) is 9.59 Å². The number of carbonyl (C=O) groups is 2. The molecule has 0 fully saturated rings.